The van der Waals surface area contributed by atoms with Crippen molar-refractivity contribution in [1.29, 1.82) is 0 Å². The molecule has 2 aromatic carbocycles. The lowest BCUT2D eigenvalue weighted by Crippen LogP contribution is -2.52. The van der Waals surface area contributed by atoms with E-state index in [9.17, 15) is 4.79 Å². The number of rotatable bonds is 5. The van der Waals surface area contributed by atoms with E-state index < -0.39 is 0 Å². The highest BCUT2D eigenvalue weighted by molar-refractivity contribution is 5.66. The first kappa shape index (κ1) is 18.1. The molecule has 0 N–H and O–H groups in total. The first-order valence-corrected chi connectivity index (χ1v) is 9.77. The second-order valence-corrected chi connectivity index (χ2v) is 7.61. The summed E-state index contributed by atoms with van der Waals surface area (Å²) in [5.74, 6) is 0.857. The van der Waals surface area contributed by atoms with Gasteiger partial charge in [0.05, 0.1) is 7.11 Å². The van der Waals surface area contributed by atoms with E-state index in [0.29, 0.717) is 6.04 Å². The summed E-state index contributed by atoms with van der Waals surface area (Å²) in [5, 5.41) is 0. The van der Waals surface area contributed by atoms with Crippen molar-refractivity contribution in [3.05, 3.63) is 65.7 Å². The van der Waals surface area contributed by atoms with Crippen molar-refractivity contribution in [2.75, 3.05) is 7.11 Å². The van der Waals surface area contributed by atoms with Gasteiger partial charge < -0.3 is 9.47 Å². The molecule has 2 bridgehead atoms. The highest BCUT2D eigenvalue weighted by Crippen LogP contribution is 2.47. The number of ether oxygens (including phenoxy) is 2. The Morgan fingerprint density at radius 2 is 1.81 bits per heavy atom. The number of carbonyl (C=O) groups excluding carboxylic acids is 1. The standard InChI is InChI=1S/C23H27NO3/c1-16(25)27-23-20(19-10-6-7-11-22(19)26-2)14-18-12-13-21(23)24(18)15-17-8-4-3-5-9-17/h3-11,18,20-21,23H,12-15H2,1-2H3/t18-,20-,21+,23+/m1/s1. The van der Waals surface area contributed by atoms with Gasteiger partial charge >= 0.3 is 5.97 Å². The van der Waals surface area contributed by atoms with Crippen LogP contribution in [-0.4, -0.2) is 36.2 Å². The van der Waals surface area contributed by atoms with Crippen molar-refractivity contribution in [2.45, 2.75) is 56.8 Å². The van der Waals surface area contributed by atoms with E-state index in [4.69, 9.17) is 9.47 Å². The van der Waals surface area contributed by atoms with Gasteiger partial charge in [-0.05, 0) is 30.9 Å². The maximum Gasteiger partial charge on any atom is 0.302 e. The molecule has 4 atom stereocenters. The zero-order valence-corrected chi connectivity index (χ0v) is 16.0. The highest BCUT2D eigenvalue weighted by atomic mass is 16.5. The van der Waals surface area contributed by atoms with E-state index in [1.807, 2.05) is 24.3 Å². The fourth-order valence-electron chi connectivity index (χ4n) is 4.94. The van der Waals surface area contributed by atoms with E-state index in [1.54, 1.807) is 7.11 Å². The van der Waals surface area contributed by atoms with Gasteiger partial charge in [-0.1, -0.05) is 48.5 Å². The van der Waals surface area contributed by atoms with Crippen LogP contribution in [-0.2, 0) is 16.1 Å². The van der Waals surface area contributed by atoms with Crippen molar-refractivity contribution < 1.29 is 14.3 Å². The maximum atomic E-state index is 11.9. The molecule has 0 aliphatic carbocycles. The summed E-state index contributed by atoms with van der Waals surface area (Å²) in [7, 11) is 1.71. The molecule has 0 saturated carbocycles. The molecule has 4 heteroatoms. The zero-order valence-electron chi connectivity index (χ0n) is 16.0. The molecule has 0 spiro atoms. The molecule has 2 aliphatic rings. The Bertz CT molecular complexity index is 791. The molecule has 2 aromatic rings. The predicted octanol–water partition coefficient (Wildman–Crippen LogP) is 4.15. The Morgan fingerprint density at radius 3 is 2.56 bits per heavy atom. The van der Waals surface area contributed by atoms with Crippen LogP contribution in [0.5, 0.6) is 5.75 Å². The molecule has 0 aromatic heterocycles. The van der Waals surface area contributed by atoms with Crippen LogP contribution in [0.4, 0.5) is 0 Å². The third-order valence-corrected chi connectivity index (χ3v) is 6.04. The first-order chi connectivity index (χ1) is 13.2. The number of carbonyl (C=O) groups is 1. The van der Waals surface area contributed by atoms with Crippen LogP contribution >= 0.6 is 0 Å². The number of benzene rings is 2. The Morgan fingerprint density at radius 1 is 1.07 bits per heavy atom. The lowest BCUT2D eigenvalue weighted by Gasteiger charge is -2.44. The highest BCUT2D eigenvalue weighted by Gasteiger charge is 2.49. The van der Waals surface area contributed by atoms with E-state index >= 15 is 0 Å². The number of methoxy groups -OCH3 is 1. The normalized spacial score (nSPS) is 27.3. The second kappa shape index (κ2) is 7.73. The van der Waals surface area contributed by atoms with Crippen LogP contribution in [0.2, 0.25) is 0 Å². The third kappa shape index (κ3) is 3.59. The molecular weight excluding hydrogens is 338 g/mol. The summed E-state index contributed by atoms with van der Waals surface area (Å²) < 4.78 is 11.5. The molecule has 27 heavy (non-hydrogen) atoms. The molecular formula is C23H27NO3. The van der Waals surface area contributed by atoms with Crippen molar-refractivity contribution in [2.24, 2.45) is 0 Å². The van der Waals surface area contributed by atoms with Gasteiger partial charge in [0.15, 0.2) is 0 Å². The fraction of sp³-hybridized carbons (Fsp3) is 0.435. The van der Waals surface area contributed by atoms with Crippen molar-refractivity contribution >= 4 is 5.97 Å². The Kier molecular flexibility index (Phi) is 5.17. The average Bonchev–Trinajstić information content (AvgIpc) is 2.97. The van der Waals surface area contributed by atoms with Gasteiger partial charge in [0.2, 0.25) is 0 Å². The Balaban J connectivity index is 1.65. The van der Waals surface area contributed by atoms with Gasteiger partial charge in [-0.25, -0.2) is 0 Å². The summed E-state index contributed by atoms with van der Waals surface area (Å²) in [6.45, 7) is 2.43. The van der Waals surface area contributed by atoms with Crippen LogP contribution in [0.3, 0.4) is 0 Å². The Labute approximate surface area is 161 Å². The number of hydrogen-bond donors (Lipinski definition) is 0. The number of nitrogens with zero attached hydrogens (tertiary/aromatic N) is 1. The maximum absolute atomic E-state index is 11.9. The minimum atomic E-state index is -0.204. The average molecular weight is 365 g/mol. The quantitative estimate of drug-likeness (QED) is 0.746. The first-order valence-electron chi connectivity index (χ1n) is 9.77. The number of esters is 1. The summed E-state index contributed by atoms with van der Waals surface area (Å²) in [6, 6.07) is 19.5. The molecule has 0 amide bonds. The molecule has 4 rings (SSSR count). The second-order valence-electron chi connectivity index (χ2n) is 7.61. The van der Waals surface area contributed by atoms with E-state index in [1.165, 1.54) is 12.5 Å². The molecule has 0 radical (unpaired) electrons. The van der Waals surface area contributed by atoms with Gasteiger partial charge in [0.25, 0.3) is 0 Å². The predicted molar refractivity (Wildman–Crippen MR) is 105 cm³/mol. The van der Waals surface area contributed by atoms with E-state index in [0.717, 1.165) is 37.1 Å². The molecule has 2 fully saturated rings. The van der Waals surface area contributed by atoms with Crippen LogP contribution in [0.15, 0.2) is 54.6 Å². The number of para-hydroxylation sites is 1. The Hall–Kier alpha value is -2.33. The van der Waals surface area contributed by atoms with Crippen LogP contribution < -0.4 is 4.74 Å². The van der Waals surface area contributed by atoms with Gasteiger partial charge in [-0.3, -0.25) is 9.69 Å². The van der Waals surface area contributed by atoms with Gasteiger partial charge in [0.1, 0.15) is 11.9 Å². The van der Waals surface area contributed by atoms with Crippen LogP contribution in [0.25, 0.3) is 0 Å². The lowest BCUT2D eigenvalue weighted by atomic mass is 9.81. The van der Waals surface area contributed by atoms with Gasteiger partial charge in [0, 0.05) is 37.0 Å². The number of piperidine rings is 1. The molecule has 2 aliphatic heterocycles. The SMILES string of the molecule is COc1ccccc1[C@H]1C[C@H]2CC[C@@H]([C@H]1OC(C)=O)N2Cc1ccccc1. The summed E-state index contributed by atoms with van der Waals surface area (Å²) >= 11 is 0. The monoisotopic (exact) mass is 365 g/mol. The minimum Gasteiger partial charge on any atom is -0.496 e. The van der Waals surface area contributed by atoms with Crippen molar-refractivity contribution in [3.8, 4) is 5.75 Å². The minimum absolute atomic E-state index is 0.138. The zero-order chi connectivity index (χ0) is 18.8. The van der Waals surface area contributed by atoms with Gasteiger partial charge in [-0.2, -0.15) is 0 Å². The topological polar surface area (TPSA) is 38.8 Å². The van der Waals surface area contributed by atoms with Crippen molar-refractivity contribution in [3.63, 3.8) is 0 Å². The number of hydrogen-bond acceptors (Lipinski definition) is 4. The van der Waals surface area contributed by atoms with Crippen LogP contribution in [0.1, 0.15) is 43.2 Å². The van der Waals surface area contributed by atoms with Gasteiger partial charge in [-0.15, -0.1) is 0 Å². The smallest absolute Gasteiger partial charge is 0.302 e. The summed E-state index contributed by atoms with van der Waals surface area (Å²) in [4.78, 5) is 14.5. The van der Waals surface area contributed by atoms with E-state index in [2.05, 4.69) is 35.2 Å². The summed E-state index contributed by atoms with van der Waals surface area (Å²) in [5.41, 5.74) is 2.47. The number of fused-ring (bicyclic) bond motifs is 2. The molecule has 4 nitrogen and oxygen atoms in total. The fourth-order valence-corrected chi connectivity index (χ4v) is 4.94. The largest absolute Gasteiger partial charge is 0.496 e. The van der Waals surface area contributed by atoms with Crippen molar-refractivity contribution in [1.82, 2.24) is 4.90 Å². The van der Waals surface area contributed by atoms with E-state index in [-0.39, 0.29) is 24.0 Å². The lowest BCUT2D eigenvalue weighted by molar-refractivity contribution is -0.154. The molecule has 2 saturated heterocycles. The summed E-state index contributed by atoms with van der Waals surface area (Å²) in [6.07, 6.45) is 3.07. The molecule has 142 valence electrons. The van der Waals surface area contributed by atoms with Crippen LogP contribution in [0, 0.1) is 0 Å². The molecule has 2 heterocycles. The third-order valence-electron chi connectivity index (χ3n) is 6.04. The molecule has 0 unspecified atom stereocenters.